The molecule has 1 aromatic heterocycles. The van der Waals surface area contributed by atoms with Crippen molar-refractivity contribution >= 4 is 5.91 Å². The normalized spacial score (nSPS) is 16.1. The molecule has 2 heterocycles. The predicted molar refractivity (Wildman–Crippen MR) is 91.6 cm³/mol. The molecule has 0 aliphatic carbocycles. The van der Waals surface area contributed by atoms with E-state index in [1.807, 2.05) is 40.2 Å². The molecule has 2 aromatic rings. The lowest BCUT2D eigenvalue weighted by Gasteiger charge is -2.27. The lowest BCUT2D eigenvalue weighted by molar-refractivity contribution is -0.134. The summed E-state index contributed by atoms with van der Waals surface area (Å²) in [4.78, 5) is 14.0. The van der Waals surface area contributed by atoms with Gasteiger partial charge in [-0.3, -0.25) is 9.48 Å². The Kier molecular flexibility index (Phi) is 5.61. The minimum atomic E-state index is 0.0829. The maximum absolute atomic E-state index is 12.2. The lowest BCUT2D eigenvalue weighted by atomic mass is 10.2. The largest absolute Gasteiger partial charge is 0.378 e. The van der Waals surface area contributed by atoms with Crippen LogP contribution < -0.4 is 5.32 Å². The van der Waals surface area contributed by atoms with Crippen LogP contribution in [0.3, 0.4) is 0 Å². The highest BCUT2D eigenvalue weighted by Gasteiger charge is 2.17. The molecule has 0 radical (unpaired) electrons. The van der Waals surface area contributed by atoms with Crippen molar-refractivity contribution in [1.29, 1.82) is 0 Å². The van der Waals surface area contributed by atoms with Gasteiger partial charge in [0.25, 0.3) is 0 Å². The van der Waals surface area contributed by atoms with Gasteiger partial charge in [0.05, 0.1) is 32.5 Å². The van der Waals surface area contributed by atoms with E-state index in [1.54, 1.807) is 0 Å². The van der Waals surface area contributed by atoms with Gasteiger partial charge in [0, 0.05) is 30.9 Å². The van der Waals surface area contributed by atoms with Crippen molar-refractivity contribution in [3.8, 4) is 0 Å². The van der Waals surface area contributed by atoms with Crippen LogP contribution in [0.25, 0.3) is 0 Å². The minimum Gasteiger partial charge on any atom is -0.378 e. The van der Waals surface area contributed by atoms with Crippen LogP contribution in [0.2, 0.25) is 0 Å². The summed E-state index contributed by atoms with van der Waals surface area (Å²) in [5.74, 6) is 0.127. The number of ether oxygens (including phenoxy) is 1. The summed E-state index contributed by atoms with van der Waals surface area (Å²) in [7, 11) is 0. The Hall–Kier alpha value is -2.18. The van der Waals surface area contributed by atoms with E-state index >= 15 is 0 Å². The van der Waals surface area contributed by atoms with Gasteiger partial charge in [-0.05, 0) is 12.5 Å². The van der Waals surface area contributed by atoms with Gasteiger partial charge in [0.2, 0.25) is 5.91 Å². The van der Waals surface area contributed by atoms with Crippen molar-refractivity contribution in [3.63, 3.8) is 0 Å². The number of amides is 1. The molecule has 24 heavy (non-hydrogen) atoms. The molecule has 128 valence electrons. The quantitative estimate of drug-likeness (QED) is 0.872. The molecule has 0 spiro atoms. The number of carbonyl (C=O) groups excluding carboxylic acids is 1. The fraction of sp³-hybridized carbons (Fsp3) is 0.444. The molecule has 1 amide bonds. The zero-order valence-electron chi connectivity index (χ0n) is 14.0. The van der Waals surface area contributed by atoms with E-state index in [1.165, 1.54) is 5.56 Å². The monoisotopic (exact) mass is 328 g/mol. The zero-order valence-corrected chi connectivity index (χ0v) is 14.0. The Labute approximate surface area is 142 Å². The first-order valence-electron chi connectivity index (χ1n) is 8.37. The molecule has 6 nitrogen and oxygen atoms in total. The molecule has 1 fully saturated rings. The smallest absolute Gasteiger partial charge is 0.236 e. The Morgan fingerprint density at radius 2 is 2.04 bits per heavy atom. The van der Waals surface area contributed by atoms with E-state index in [0.717, 1.165) is 12.1 Å². The standard InChI is InChI=1S/C18H24N4O2/c1-15(19-12-18(23)21-7-9-24-10-8-21)17-11-20-22(14-17)13-16-5-3-2-4-6-16/h2-6,11,14-15,19H,7-10,12-13H2,1H3/t15-/m0/s1. The third kappa shape index (κ3) is 4.43. The highest BCUT2D eigenvalue weighted by atomic mass is 16.5. The van der Waals surface area contributed by atoms with E-state index in [2.05, 4.69) is 29.5 Å². The zero-order chi connectivity index (χ0) is 16.8. The Morgan fingerprint density at radius 1 is 1.29 bits per heavy atom. The molecular weight excluding hydrogens is 304 g/mol. The van der Waals surface area contributed by atoms with Gasteiger partial charge in [-0.25, -0.2) is 0 Å². The molecule has 1 aliphatic rings. The van der Waals surface area contributed by atoms with Crippen molar-refractivity contribution in [2.24, 2.45) is 0 Å². The van der Waals surface area contributed by atoms with Gasteiger partial charge >= 0.3 is 0 Å². The average molecular weight is 328 g/mol. The van der Waals surface area contributed by atoms with Crippen LogP contribution >= 0.6 is 0 Å². The van der Waals surface area contributed by atoms with E-state index in [4.69, 9.17) is 4.74 Å². The predicted octanol–water partition coefficient (Wildman–Crippen LogP) is 1.44. The number of nitrogens with zero attached hydrogens (tertiary/aromatic N) is 3. The van der Waals surface area contributed by atoms with E-state index in [-0.39, 0.29) is 11.9 Å². The summed E-state index contributed by atoms with van der Waals surface area (Å²) in [6, 6.07) is 10.3. The Bertz CT molecular complexity index is 650. The highest BCUT2D eigenvalue weighted by Crippen LogP contribution is 2.12. The van der Waals surface area contributed by atoms with Crippen molar-refractivity contribution in [2.75, 3.05) is 32.8 Å². The van der Waals surface area contributed by atoms with Crippen LogP contribution in [0.5, 0.6) is 0 Å². The van der Waals surface area contributed by atoms with E-state index < -0.39 is 0 Å². The number of aromatic nitrogens is 2. The summed E-state index contributed by atoms with van der Waals surface area (Å²) < 4.78 is 7.19. The molecule has 0 saturated carbocycles. The van der Waals surface area contributed by atoms with Crippen molar-refractivity contribution < 1.29 is 9.53 Å². The van der Waals surface area contributed by atoms with Crippen LogP contribution in [-0.4, -0.2) is 53.4 Å². The second-order valence-electron chi connectivity index (χ2n) is 6.05. The molecular formula is C18H24N4O2. The fourth-order valence-corrected chi connectivity index (χ4v) is 2.74. The van der Waals surface area contributed by atoms with Gasteiger partial charge in [-0.1, -0.05) is 30.3 Å². The third-order valence-corrected chi connectivity index (χ3v) is 4.26. The molecule has 1 aromatic carbocycles. The second-order valence-corrected chi connectivity index (χ2v) is 6.05. The summed E-state index contributed by atoms with van der Waals surface area (Å²) in [5, 5.41) is 7.70. The summed E-state index contributed by atoms with van der Waals surface area (Å²) in [6.07, 6.45) is 3.89. The molecule has 1 atom stereocenters. The van der Waals surface area contributed by atoms with E-state index in [9.17, 15) is 4.79 Å². The Morgan fingerprint density at radius 3 is 2.79 bits per heavy atom. The average Bonchev–Trinajstić information content (AvgIpc) is 3.09. The van der Waals surface area contributed by atoms with Crippen molar-refractivity contribution in [1.82, 2.24) is 20.0 Å². The second kappa shape index (κ2) is 8.08. The van der Waals surface area contributed by atoms with Crippen molar-refractivity contribution in [2.45, 2.75) is 19.5 Å². The maximum Gasteiger partial charge on any atom is 0.236 e. The first kappa shape index (κ1) is 16.7. The number of benzene rings is 1. The minimum absolute atomic E-state index is 0.0829. The van der Waals surface area contributed by atoms with Crippen LogP contribution in [0.1, 0.15) is 24.1 Å². The van der Waals surface area contributed by atoms with Gasteiger partial charge in [0.1, 0.15) is 0 Å². The van der Waals surface area contributed by atoms with Gasteiger partial charge < -0.3 is 15.0 Å². The number of hydrogen-bond donors (Lipinski definition) is 1. The van der Waals surface area contributed by atoms with Crippen LogP contribution in [-0.2, 0) is 16.1 Å². The van der Waals surface area contributed by atoms with Crippen LogP contribution in [0.4, 0.5) is 0 Å². The third-order valence-electron chi connectivity index (χ3n) is 4.26. The molecule has 6 heteroatoms. The van der Waals surface area contributed by atoms with Gasteiger partial charge in [-0.15, -0.1) is 0 Å². The molecule has 1 N–H and O–H groups in total. The lowest BCUT2D eigenvalue weighted by Crippen LogP contribution is -2.45. The number of carbonyl (C=O) groups is 1. The number of rotatable bonds is 6. The number of hydrogen-bond acceptors (Lipinski definition) is 4. The van der Waals surface area contributed by atoms with Gasteiger partial charge in [-0.2, -0.15) is 5.10 Å². The van der Waals surface area contributed by atoms with Crippen LogP contribution in [0.15, 0.2) is 42.7 Å². The first-order chi connectivity index (χ1) is 11.7. The number of nitrogens with one attached hydrogen (secondary N) is 1. The highest BCUT2D eigenvalue weighted by molar-refractivity contribution is 5.78. The molecule has 0 unspecified atom stereocenters. The van der Waals surface area contributed by atoms with E-state index in [0.29, 0.717) is 32.8 Å². The summed E-state index contributed by atoms with van der Waals surface area (Å²) >= 11 is 0. The molecule has 1 saturated heterocycles. The number of morpholine rings is 1. The fourth-order valence-electron chi connectivity index (χ4n) is 2.74. The van der Waals surface area contributed by atoms with Crippen LogP contribution in [0, 0.1) is 0 Å². The molecule has 3 rings (SSSR count). The Balaban J connectivity index is 1.50. The maximum atomic E-state index is 12.2. The SMILES string of the molecule is C[C@H](NCC(=O)N1CCOCC1)c1cnn(Cc2ccccc2)c1. The van der Waals surface area contributed by atoms with Crippen molar-refractivity contribution in [3.05, 3.63) is 53.9 Å². The molecule has 0 bridgehead atoms. The topological polar surface area (TPSA) is 59.4 Å². The summed E-state index contributed by atoms with van der Waals surface area (Å²) in [6.45, 7) is 5.77. The first-order valence-corrected chi connectivity index (χ1v) is 8.37. The molecule has 1 aliphatic heterocycles. The summed E-state index contributed by atoms with van der Waals surface area (Å²) in [5.41, 5.74) is 2.30. The van der Waals surface area contributed by atoms with Gasteiger partial charge in [0.15, 0.2) is 0 Å².